The second-order valence-electron chi connectivity index (χ2n) is 12.7. The Kier molecular flexibility index (Phi) is 23.8. The van der Waals surface area contributed by atoms with E-state index >= 15 is 0 Å². The molecule has 0 aliphatic carbocycles. The fourth-order valence-corrected chi connectivity index (χ4v) is 5.05. The molecule has 40 heavy (non-hydrogen) atoms. The highest BCUT2D eigenvalue weighted by molar-refractivity contribution is 5.75. The third-order valence-electron chi connectivity index (χ3n) is 7.99. The molecule has 0 heterocycles. The van der Waals surface area contributed by atoms with Crippen LogP contribution in [-0.2, 0) is 4.79 Å². The fraction of sp³-hybridized carbons (Fsp3) is 0.711. The summed E-state index contributed by atoms with van der Waals surface area (Å²) >= 11 is 0. The predicted molar refractivity (Wildman–Crippen MR) is 179 cm³/mol. The van der Waals surface area contributed by atoms with Gasteiger partial charge in [-0.2, -0.15) is 0 Å². The summed E-state index contributed by atoms with van der Waals surface area (Å²) in [7, 11) is 0. The average molecular weight is 555 g/mol. The Labute approximate surface area is 250 Å². The zero-order chi connectivity index (χ0) is 30.1. The number of hydrogen-bond acceptors (Lipinski definition) is 1. The van der Waals surface area contributed by atoms with E-state index in [9.17, 15) is 9.90 Å². The van der Waals surface area contributed by atoms with Crippen molar-refractivity contribution in [1.82, 2.24) is 0 Å². The van der Waals surface area contributed by atoms with Gasteiger partial charge in [-0.15, -0.1) is 0 Å². The highest BCUT2D eigenvalue weighted by atomic mass is 16.4. The van der Waals surface area contributed by atoms with Gasteiger partial charge in [0.2, 0.25) is 0 Å². The van der Waals surface area contributed by atoms with E-state index in [0.717, 1.165) is 51.4 Å². The van der Waals surface area contributed by atoms with Crippen LogP contribution in [-0.4, -0.2) is 11.1 Å². The number of aliphatic carboxylic acids is 1. The first-order valence-electron chi connectivity index (χ1n) is 16.6. The largest absolute Gasteiger partial charge is 0.481 e. The SMILES string of the molecule is CCCCCCCC/C=C\CCCCCCC(C/C=C(\C)CCC=C(C)C)(C/C=C(\C)CCC=C(C)C)C(=O)O. The molecule has 0 saturated carbocycles. The lowest BCUT2D eigenvalue weighted by Crippen LogP contribution is -2.30. The number of hydrogen-bond donors (Lipinski definition) is 1. The number of carboxylic acid groups (broad SMARTS) is 1. The Bertz CT molecular complexity index is 757. The van der Waals surface area contributed by atoms with Gasteiger partial charge < -0.3 is 5.11 Å². The van der Waals surface area contributed by atoms with Crippen LogP contribution >= 0.6 is 0 Å². The smallest absolute Gasteiger partial charge is 0.310 e. The lowest BCUT2D eigenvalue weighted by molar-refractivity contribution is -0.149. The summed E-state index contributed by atoms with van der Waals surface area (Å²) in [6.07, 6.45) is 34.8. The highest BCUT2D eigenvalue weighted by Crippen LogP contribution is 2.36. The molecule has 0 aromatic rings. The molecule has 0 aliphatic rings. The predicted octanol–water partition coefficient (Wildman–Crippen LogP) is 12.9. The minimum atomic E-state index is -0.702. The molecule has 0 aromatic heterocycles. The maximum Gasteiger partial charge on any atom is 0.310 e. The van der Waals surface area contributed by atoms with E-state index in [4.69, 9.17) is 0 Å². The second kappa shape index (κ2) is 24.9. The first kappa shape index (κ1) is 38.2. The van der Waals surface area contributed by atoms with Crippen LogP contribution in [0.1, 0.15) is 170 Å². The maximum absolute atomic E-state index is 12.7. The van der Waals surface area contributed by atoms with E-state index in [1.807, 2.05) is 0 Å². The lowest BCUT2D eigenvalue weighted by atomic mass is 9.75. The first-order valence-corrected chi connectivity index (χ1v) is 16.6. The molecule has 0 radical (unpaired) electrons. The van der Waals surface area contributed by atoms with Gasteiger partial charge in [0.15, 0.2) is 0 Å². The van der Waals surface area contributed by atoms with Crippen LogP contribution in [0.15, 0.2) is 58.7 Å². The van der Waals surface area contributed by atoms with Crippen LogP contribution in [0.25, 0.3) is 0 Å². The molecule has 1 N–H and O–H groups in total. The Balaban J connectivity index is 4.89. The summed E-state index contributed by atoms with van der Waals surface area (Å²) in [5, 5.41) is 10.5. The van der Waals surface area contributed by atoms with Crippen molar-refractivity contribution < 1.29 is 9.90 Å². The quantitative estimate of drug-likeness (QED) is 0.0900. The normalized spacial score (nSPS) is 12.7. The van der Waals surface area contributed by atoms with Gasteiger partial charge in [0.25, 0.3) is 0 Å². The molecule has 0 saturated heterocycles. The molecule has 2 nitrogen and oxygen atoms in total. The van der Waals surface area contributed by atoms with Crippen molar-refractivity contribution in [2.45, 2.75) is 170 Å². The average Bonchev–Trinajstić information content (AvgIpc) is 2.89. The van der Waals surface area contributed by atoms with Crippen LogP contribution in [0.2, 0.25) is 0 Å². The van der Waals surface area contributed by atoms with Crippen molar-refractivity contribution in [3.63, 3.8) is 0 Å². The maximum atomic E-state index is 12.7. The Morgan fingerprint density at radius 3 is 1.43 bits per heavy atom. The molecule has 0 atom stereocenters. The van der Waals surface area contributed by atoms with Crippen LogP contribution in [0, 0.1) is 5.41 Å². The molecule has 0 fully saturated rings. The molecular weight excluding hydrogens is 488 g/mol. The Morgan fingerprint density at radius 2 is 1.00 bits per heavy atom. The highest BCUT2D eigenvalue weighted by Gasteiger charge is 2.36. The molecule has 0 spiro atoms. The molecule has 0 bridgehead atoms. The molecule has 0 amide bonds. The Morgan fingerprint density at radius 1 is 0.575 bits per heavy atom. The zero-order valence-electron chi connectivity index (χ0n) is 27.8. The molecule has 0 aliphatic heterocycles. The van der Waals surface area contributed by atoms with Crippen molar-refractivity contribution in [3.05, 3.63) is 58.7 Å². The molecular formula is C38H66O2. The van der Waals surface area contributed by atoms with Gasteiger partial charge in [-0.05, 0) is 112 Å². The van der Waals surface area contributed by atoms with Crippen LogP contribution in [0.4, 0.5) is 0 Å². The fourth-order valence-electron chi connectivity index (χ4n) is 5.05. The topological polar surface area (TPSA) is 37.3 Å². The van der Waals surface area contributed by atoms with Gasteiger partial charge in [0, 0.05) is 0 Å². The minimum absolute atomic E-state index is 0.627. The summed E-state index contributed by atoms with van der Waals surface area (Å²) in [6, 6.07) is 0. The van der Waals surface area contributed by atoms with Gasteiger partial charge in [-0.25, -0.2) is 0 Å². The summed E-state index contributed by atoms with van der Waals surface area (Å²) in [6.45, 7) is 15.1. The minimum Gasteiger partial charge on any atom is -0.481 e. The van der Waals surface area contributed by atoms with Crippen molar-refractivity contribution in [2.24, 2.45) is 5.41 Å². The number of unbranched alkanes of at least 4 members (excludes halogenated alkanes) is 10. The van der Waals surface area contributed by atoms with E-state index in [1.165, 1.54) is 80.1 Å². The number of rotatable bonds is 25. The summed E-state index contributed by atoms with van der Waals surface area (Å²) < 4.78 is 0. The molecule has 0 rings (SSSR count). The van der Waals surface area contributed by atoms with Gasteiger partial charge in [-0.1, -0.05) is 117 Å². The van der Waals surface area contributed by atoms with E-state index in [1.54, 1.807) is 0 Å². The Hall–Kier alpha value is -1.83. The van der Waals surface area contributed by atoms with E-state index in [2.05, 4.69) is 84.9 Å². The van der Waals surface area contributed by atoms with E-state index in [-0.39, 0.29) is 0 Å². The monoisotopic (exact) mass is 555 g/mol. The summed E-state index contributed by atoms with van der Waals surface area (Å²) in [4.78, 5) is 12.7. The number of allylic oxidation sites excluding steroid dienone is 10. The van der Waals surface area contributed by atoms with Crippen LogP contribution < -0.4 is 0 Å². The van der Waals surface area contributed by atoms with Crippen molar-refractivity contribution in [1.29, 1.82) is 0 Å². The first-order chi connectivity index (χ1) is 19.1. The van der Waals surface area contributed by atoms with Crippen molar-refractivity contribution in [3.8, 4) is 0 Å². The van der Waals surface area contributed by atoms with E-state index in [0.29, 0.717) is 12.8 Å². The van der Waals surface area contributed by atoms with E-state index < -0.39 is 11.4 Å². The van der Waals surface area contributed by atoms with Gasteiger partial charge in [0.05, 0.1) is 5.41 Å². The van der Waals surface area contributed by atoms with Crippen LogP contribution in [0.5, 0.6) is 0 Å². The summed E-state index contributed by atoms with van der Waals surface area (Å²) in [5.74, 6) is -0.633. The molecule has 230 valence electrons. The summed E-state index contributed by atoms with van der Waals surface area (Å²) in [5.41, 5.74) is 4.59. The lowest BCUT2D eigenvalue weighted by Gasteiger charge is -2.28. The molecule has 0 aromatic carbocycles. The number of carbonyl (C=O) groups is 1. The van der Waals surface area contributed by atoms with Gasteiger partial charge in [0.1, 0.15) is 0 Å². The second-order valence-corrected chi connectivity index (χ2v) is 12.7. The molecule has 2 heteroatoms. The zero-order valence-corrected chi connectivity index (χ0v) is 27.8. The van der Waals surface area contributed by atoms with Crippen molar-refractivity contribution >= 4 is 5.97 Å². The van der Waals surface area contributed by atoms with Gasteiger partial charge >= 0.3 is 5.97 Å². The standard InChI is InChI=1S/C38H66O2/c1-8-9-10-11-12-13-14-15-16-17-18-19-20-21-30-38(37(39)40,31-28-35(6)26-22-24-33(2)3)32-29-36(7)27-23-25-34(4)5/h15-16,24-25,28-29H,8-14,17-23,26-27,30-32H2,1-7H3,(H,39,40)/b16-15-,35-28+,36-29+. The van der Waals surface area contributed by atoms with Crippen molar-refractivity contribution in [2.75, 3.05) is 0 Å². The molecule has 0 unspecified atom stereocenters. The third kappa shape index (κ3) is 21.9. The van der Waals surface area contributed by atoms with Gasteiger partial charge in [-0.3, -0.25) is 4.79 Å². The third-order valence-corrected chi connectivity index (χ3v) is 7.99. The van der Waals surface area contributed by atoms with Crippen LogP contribution in [0.3, 0.4) is 0 Å². The number of carboxylic acids is 1.